The number of carbonyl (C=O) groups is 1. The van der Waals surface area contributed by atoms with Crippen molar-refractivity contribution in [2.75, 3.05) is 0 Å². The normalized spacial score (nSPS) is 13.5. The molecule has 0 aliphatic rings. The van der Waals surface area contributed by atoms with Gasteiger partial charge >= 0.3 is 5.97 Å². The van der Waals surface area contributed by atoms with Crippen molar-refractivity contribution in [3.05, 3.63) is 12.2 Å². The third-order valence-corrected chi connectivity index (χ3v) is 0.907. The van der Waals surface area contributed by atoms with E-state index >= 15 is 0 Å². The van der Waals surface area contributed by atoms with Crippen LogP contribution in [0, 0.1) is 0 Å². The van der Waals surface area contributed by atoms with Gasteiger partial charge in [-0.3, -0.25) is 4.94 Å². The maximum atomic E-state index is 12.2. The molecule has 1 atom stereocenters. The Bertz CT molecular complexity index is 134. The Hall–Kier alpha value is -0.930. The molecule has 58 valence electrons. The lowest BCUT2D eigenvalue weighted by atomic mass is 10.3. The molecule has 0 aromatic rings. The van der Waals surface area contributed by atoms with Crippen LogP contribution in [0.4, 0.5) is 8.92 Å². The zero-order chi connectivity index (χ0) is 7.98. The second kappa shape index (κ2) is 4.90. The average molecular weight is 150 g/mol. The van der Waals surface area contributed by atoms with Crippen LogP contribution in [0.3, 0.4) is 0 Å². The number of allylic oxidation sites excluding steroid dienone is 1. The van der Waals surface area contributed by atoms with E-state index in [-0.39, 0.29) is 6.42 Å². The Morgan fingerprint density at radius 1 is 1.80 bits per heavy atom. The van der Waals surface area contributed by atoms with Gasteiger partial charge in [0.2, 0.25) is 0 Å². The number of alkyl halides is 1. The molecule has 0 aliphatic carbocycles. The van der Waals surface area contributed by atoms with E-state index < -0.39 is 12.1 Å². The minimum absolute atomic E-state index is 0.260. The molecular weight excluding hydrogens is 142 g/mol. The van der Waals surface area contributed by atoms with Gasteiger partial charge in [0.1, 0.15) is 6.17 Å². The fourth-order valence-corrected chi connectivity index (χ4v) is 0.345. The van der Waals surface area contributed by atoms with E-state index in [2.05, 4.69) is 4.94 Å². The van der Waals surface area contributed by atoms with E-state index in [1.165, 1.54) is 0 Å². The van der Waals surface area contributed by atoms with Crippen LogP contribution in [0.25, 0.3) is 0 Å². The molecule has 0 radical (unpaired) electrons. The molecule has 0 aromatic heterocycles. The molecule has 0 aromatic carbocycles. The van der Waals surface area contributed by atoms with Gasteiger partial charge in [-0.05, 0) is 12.5 Å². The first kappa shape index (κ1) is 9.07. The topological polar surface area (TPSA) is 26.3 Å². The molecule has 0 amide bonds. The summed E-state index contributed by atoms with van der Waals surface area (Å²) in [5, 5.41) is 0. The first-order valence-electron chi connectivity index (χ1n) is 2.85. The molecule has 0 heterocycles. The molecule has 0 saturated heterocycles. The Morgan fingerprint density at radius 2 is 2.40 bits per heavy atom. The van der Waals surface area contributed by atoms with E-state index in [9.17, 15) is 13.7 Å². The number of hydrogen-bond acceptors (Lipinski definition) is 2. The lowest BCUT2D eigenvalue weighted by Crippen LogP contribution is -1.95. The van der Waals surface area contributed by atoms with Crippen LogP contribution in [0.2, 0.25) is 0 Å². The molecule has 2 nitrogen and oxygen atoms in total. The van der Waals surface area contributed by atoms with Crippen molar-refractivity contribution in [1.29, 1.82) is 0 Å². The summed E-state index contributed by atoms with van der Waals surface area (Å²) in [7, 11) is 0. The molecule has 0 aliphatic heterocycles. The van der Waals surface area contributed by atoms with Crippen LogP contribution < -0.4 is 0 Å². The fraction of sp³-hybridized carbons (Fsp3) is 0.500. The minimum Gasteiger partial charge on any atom is -0.250 e. The zero-order valence-electron chi connectivity index (χ0n) is 5.51. The molecule has 0 bridgehead atoms. The van der Waals surface area contributed by atoms with Crippen LogP contribution in [-0.4, -0.2) is 12.1 Å². The summed E-state index contributed by atoms with van der Waals surface area (Å²) in [6.45, 7) is 1.61. The van der Waals surface area contributed by atoms with Crippen molar-refractivity contribution in [2.24, 2.45) is 0 Å². The van der Waals surface area contributed by atoms with E-state index in [0.717, 1.165) is 6.08 Å². The second-order valence-electron chi connectivity index (χ2n) is 1.68. The highest BCUT2D eigenvalue weighted by Gasteiger charge is 1.99. The standard InChI is InChI=1S/C6H8F2O2/c1-2-5(7)3-4-6(9)10-8/h3-5H,2H2,1H3/b4-3+. The minimum atomic E-state index is -1.21. The summed E-state index contributed by atoms with van der Waals surface area (Å²) in [5.41, 5.74) is 0. The molecule has 10 heavy (non-hydrogen) atoms. The van der Waals surface area contributed by atoms with Crippen LogP contribution in [0.15, 0.2) is 12.2 Å². The summed E-state index contributed by atoms with van der Waals surface area (Å²) in [5.74, 6) is -1.18. The number of carbonyl (C=O) groups excluding carboxylic acids is 1. The smallest absolute Gasteiger partial charge is 0.250 e. The first-order chi connectivity index (χ1) is 4.70. The second-order valence-corrected chi connectivity index (χ2v) is 1.68. The maximum Gasteiger partial charge on any atom is 0.372 e. The Balaban J connectivity index is 3.63. The number of halogens is 2. The predicted molar refractivity (Wildman–Crippen MR) is 31.5 cm³/mol. The molecule has 0 spiro atoms. The summed E-state index contributed by atoms with van der Waals surface area (Å²) in [4.78, 5) is 12.7. The SMILES string of the molecule is CCC(F)/C=C/C(=O)OF. The van der Waals surface area contributed by atoms with Crippen molar-refractivity contribution < 1.29 is 18.7 Å². The van der Waals surface area contributed by atoms with Gasteiger partial charge in [-0.25, -0.2) is 9.18 Å². The third-order valence-electron chi connectivity index (χ3n) is 0.907. The van der Waals surface area contributed by atoms with Crippen molar-refractivity contribution in [3.63, 3.8) is 0 Å². The fourth-order valence-electron chi connectivity index (χ4n) is 0.345. The Kier molecular flexibility index (Phi) is 4.45. The quantitative estimate of drug-likeness (QED) is 0.572. The molecule has 0 N–H and O–H groups in total. The van der Waals surface area contributed by atoms with Gasteiger partial charge in [-0.15, -0.1) is 0 Å². The van der Waals surface area contributed by atoms with Crippen LogP contribution >= 0.6 is 0 Å². The Morgan fingerprint density at radius 3 is 2.80 bits per heavy atom. The van der Waals surface area contributed by atoms with Crippen molar-refractivity contribution >= 4 is 5.97 Å². The van der Waals surface area contributed by atoms with Gasteiger partial charge in [-0.1, -0.05) is 6.92 Å². The molecular formula is C6H8F2O2. The van der Waals surface area contributed by atoms with Crippen LogP contribution in [-0.2, 0) is 9.74 Å². The average Bonchev–Trinajstić information content (AvgIpc) is 1.99. The molecule has 0 saturated carbocycles. The highest BCUT2D eigenvalue weighted by molar-refractivity contribution is 5.81. The predicted octanol–water partition coefficient (Wildman–Crippen LogP) is 1.72. The first-order valence-corrected chi connectivity index (χ1v) is 2.85. The monoisotopic (exact) mass is 150 g/mol. The highest BCUT2D eigenvalue weighted by Crippen LogP contribution is 1.98. The molecule has 4 heteroatoms. The molecule has 1 unspecified atom stereocenters. The van der Waals surface area contributed by atoms with Gasteiger partial charge in [0.25, 0.3) is 0 Å². The van der Waals surface area contributed by atoms with E-state index in [0.29, 0.717) is 6.08 Å². The summed E-state index contributed by atoms with van der Waals surface area (Å²) >= 11 is 0. The van der Waals surface area contributed by atoms with Gasteiger partial charge in [0.15, 0.2) is 0 Å². The van der Waals surface area contributed by atoms with Crippen molar-refractivity contribution in [3.8, 4) is 0 Å². The molecule has 0 rings (SSSR count). The van der Waals surface area contributed by atoms with E-state index in [1.807, 2.05) is 0 Å². The maximum absolute atomic E-state index is 12.2. The number of hydrogen-bond donors (Lipinski definition) is 0. The lowest BCUT2D eigenvalue weighted by molar-refractivity contribution is -0.176. The highest BCUT2D eigenvalue weighted by atomic mass is 19.3. The van der Waals surface area contributed by atoms with Gasteiger partial charge in [0, 0.05) is 10.6 Å². The summed E-state index contributed by atoms with van der Waals surface area (Å²) in [6, 6.07) is 0. The van der Waals surface area contributed by atoms with Gasteiger partial charge < -0.3 is 0 Å². The van der Waals surface area contributed by atoms with E-state index in [1.54, 1.807) is 6.92 Å². The van der Waals surface area contributed by atoms with Crippen LogP contribution in [0.5, 0.6) is 0 Å². The largest absolute Gasteiger partial charge is 0.372 e. The summed E-state index contributed by atoms with van der Waals surface area (Å²) < 4.78 is 23.1. The van der Waals surface area contributed by atoms with Crippen molar-refractivity contribution in [2.45, 2.75) is 19.5 Å². The van der Waals surface area contributed by atoms with Crippen LogP contribution in [0.1, 0.15) is 13.3 Å². The molecule has 0 fully saturated rings. The Labute approximate surface area is 57.4 Å². The van der Waals surface area contributed by atoms with Gasteiger partial charge in [-0.2, -0.15) is 0 Å². The van der Waals surface area contributed by atoms with E-state index in [4.69, 9.17) is 0 Å². The zero-order valence-corrected chi connectivity index (χ0v) is 5.51. The van der Waals surface area contributed by atoms with Crippen molar-refractivity contribution in [1.82, 2.24) is 0 Å². The summed E-state index contributed by atoms with van der Waals surface area (Å²) in [6.07, 6.45) is 0.714. The number of rotatable bonds is 3. The third kappa shape index (κ3) is 4.00. The lowest BCUT2D eigenvalue weighted by Gasteiger charge is -1.92. The van der Waals surface area contributed by atoms with Gasteiger partial charge in [0.05, 0.1) is 0 Å².